The van der Waals surface area contributed by atoms with Crippen molar-refractivity contribution in [3.8, 4) is 11.5 Å². The zero-order valence-corrected chi connectivity index (χ0v) is 14.2. The van der Waals surface area contributed by atoms with Crippen LogP contribution < -0.4 is 14.8 Å². The highest BCUT2D eigenvalue weighted by molar-refractivity contribution is 7.15. The van der Waals surface area contributed by atoms with Crippen LogP contribution in [0.5, 0.6) is 11.5 Å². The average molecular weight is 336 g/mol. The van der Waals surface area contributed by atoms with E-state index in [9.17, 15) is 4.79 Å². The number of hydrogen-bond donors (Lipinski definition) is 2. The van der Waals surface area contributed by atoms with Crippen LogP contribution in [-0.2, 0) is 6.42 Å². The smallest absolute Gasteiger partial charge is 0.257 e. The third-order valence-corrected chi connectivity index (χ3v) is 4.15. The van der Waals surface area contributed by atoms with E-state index < -0.39 is 0 Å². The molecule has 1 aromatic carbocycles. The van der Waals surface area contributed by atoms with Crippen LogP contribution in [0.4, 0.5) is 5.13 Å². The number of anilines is 1. The van der Waals surface area contributed by atoms with Crippen molar-refractivity contribution in [3.63, 3.8) is 0 Å². The van der Waals surface area contributed by atoms with Gasteiger partial charge in [-0.05, 0) is 31.5 Å². The molecule has 0 aliphatic rings. The number of benzene rings is 1. The first-order chi connectivity index (χ1) is 11.1. The maximum atomic E-state index is 12.4. The Bertz CT molecular complexity index is 685. The highest BCUT2D eigenvalue weighted by Crippen LogP contribution is 2.29. The fourth-order valence-corrected chi connectivity index (χ4v) is 2.96. The first-order valence-corrected chi connectivity index (χ1v) is 8.10. The van der Waals surface area contributed by atoms with Crippen molar-refractivity contribution >= 4 is 22.4 Å². The van der Waals surface area contributed by atoms with Gasteiger partial charge in [0.05, 0.1) is 19.4 Å². The number of methoxy groups -OCH3 is 1. The van der Waals surface area contributed by atoms with Gasteiger partial charge in [0.1, 0.15) is 6.61 Å². The predicted molar refractivity (Wildman–Crippen MR) is 89.8 cm³/mol. The number of aryl methyl sites for hydroxylation is 2. The summed E-state index contributed by atoms with van der Waals surface area (Å²) in [7, 11) is 1.52. The molecule has 1 aromatic heterocycles. The van der Waals surface area contributed by atoms with Gasteiger partial charge in [0, 0.05) is 10.4 Å². The number of ether oxygens (including phenoxy) is 2. The number of amides is 1. The van der Waals surface area contributed by atoms with Crippen molar-refractivity contribution in [1.29, 1.82) is 0 Å². The molecule has 6 nitrogen and oxygen atoms in total. The SMILES string of the molecule is CCc1nc(NC(=O)c2ccc(OC)c(OCCO)c2)sc1C. The standard InChI is InChI=1S/C16H20N2O4S/c1-4-12-10(2)23-16(17-12)18-15(20)11-5-6-13(21-3)14(9-11)22-8-7-19/h5-6,9,19H,4,7-8H2,1-3H3,(H,17,18,20). The minimum absolute atomic E-state index is 0.113. The second-order valence-electron chi connectivity index (χ2n) is 4.77. The van der Waals surface area contributed by atoms with E-state index in [4.69, 9.17) is 14.6 Å². The molecule has 2 rings (SSSR count). The summed E-state index contributed by atoms with van der Waals surface area (Å²) in [5.74, 6) is 0.657. The molecule has 0 aliphatic heterocycles. The molecule has 124 valence electrons. The molecule has 0 fully saturated rings. The molecule has 2 N–H and O–H groups in total. The van der Waals surface area contributed by atoms with E-state index in [1.807, 2.05) is 13.8 Å². The summed E-state index contributed by atoms with van der Waals surface area (Å²) in [6.45, 7) is 4.03. The van der Waals surface area contributed by atoms with Crippen LogP contribution in [0, 0.1) is 6.92 Å². The van der Waals surface area contributed by atoms with Crippen LogP contribution in [0.3, 0.4) is 0 Å². The summed E-state index contributed by atoms with van der Waals surface area (Å²) in [4.78, 5) is 17.9. The van der Waals surface area contributed by atoms with Gasteiger partial charge in [-0.1, -0.05) is 6.92 Å². The molecular formula is C16H20N2O4S. The van der Waals surface area contributed by atoms with Gasteiger partial charge in [0.25, 0.3) is 5.91 Å². The Labute approximate surface area is 139 Å². The fourth-order valence-electron chi connectivity index (χ4n) is 2.07. The minimum atomic E-state index is -0.266. The topological polar surface area (TPSA) is 80.7 Å². The lowest BCUT2D eigenvalue weighted by molar-refractivity contribution is 0.102. The van der Waals surface area contributed by atoms with Crippen molar-refractivity contribution < 1.29 is 19.4 Å². The second kappa shape index (κ2) is 7.94. The average Bonchev–Trinajstić information content (AvgIpc) is 2.91. The van der Waals surface area contributed by atoms with E-state index in [-0.39, 0.29) is 19.1 Å². The number of rotatable bonds is 7. The molecule has 1 heterocycles. The van der Waals surface area contributed by atoms with E-state index in [0.717, 1.165) is 17.0 Å². The van der Waals surface area contributed by atoms with Crippen LogP contribution in [0.1, 0.15) is 27.9 Å². The lowest BCUT2D eigenvalue weighted by Gasteiger charge is -2.11. The Morgan fingerprint density at radius 3 is 2.78 bits per heavy atom. The normalized spacial score (nSPS) is 10.4. The van der Waals surface area contributed by atoms with Crippen molar-refractivity contribution in [2.24, 2.45) is 0 Å². The first kappa shape index (κ1) is 17.2. The molecule has 1 amide bonds. The molecule has 0 spiro atoms. The van der Waals surface area contributed by atoms with E-state index in [1.54, 1.807) is 18.2 Å². The quantitative estimate of drug-likeness (QED) is 0.812. The van der Waals surface area contributed by atoms with Crippen LogP contribution in [0.25, 0.3) is 0 Å². The molecular weight excluding hydrogens is 316 g/mol. The minimum Gasteiger partial charge on any atom is -0.493 e. The third-order valence-electron chi connectivity index (χ3n) is 3.22. The maximum Gasteiger partial charge on any atom is 0.257 e. The molecule has 0 aliphatic carbocycles. The van der Waals surface area contributed by atoms with Gasteiger partial charge in [0.15, 0.2) is 16.6 Å². The molecule has 0 saturated heterocycles. The van der Waals surface area contributed by atoms with Crippen molar-refractivity contribution in [1.82, 2.24) is 4.98 Å². The Balaban J connectivity index is 2.17. The molecule has 0 radical (unpaired) electrons. The van der Waals surface area contributed by atoms with Crippen LogP contribution in [0.15, 0.2) is 18.2 Å². The molecule has 2 aromatic rings. The number of aliphatic hydroxyl groups is 1. The second-order valence-corrected chi connectivity index (χ2v) is 5.97. The molecule has 0 unspecified atom stereocenters. The third kappa shape index (κ3) is 4.20. The number of hydrogen-bond acceptors (Lipinski definition) is 6. The largest absolute Gasteiger partial charge is 0.493 e. The molecule has 0 saturated carbocycles. The monoisotopic (exact) mass is 336 g/mol. The van der Waals surface area contributed by atoms with Gasteiger partial charge >= 0.3 is 0 Å². The molecule has 0 atom stereocenters. The van der Waals surface area contributed by atoms with Crippen LogP contribution >= 0.6 is 11.3 Å². The Kier molecular flexibility index (Phi) is 5.95. The number of aromatic nitrogens is 1. The van der Waals surface area contributed by atoms with E-state index in [1.165, 1.54) is 18.4 Å². The maximum absolute atomic E-state index is 12.4. The summed E-state index contributed by atoms with van der Waals surface area (Å²) in [6.07, 6.45) is 0.833. The van der Waals surface area contributed by atoms with E-state index in [0.29, 0.717) is 22.2 Å². The summed E-state index contributed by atoms with van der Waals surface area (Å²) in [6, 6.07) is 4.90. The Morgan fingerprint density at radius 2 is 2.17 bits per heavy atom. The summed E-state index contributed by atoms with van der Waals surface area (Å²) < 4.78 is 10.6. The summed E-state index contributed by atoms with van der Waals surface area (Å²) in [5.41, 5.74) is 1.43. The van der Waals surface area contributed by atoms with Gasteiger partial charge in [-0.3, -0.25) is 10.1 Å². The molecule has 23 heavy (non-hydrogen) atoms. The zero-order chi connectivity index (χ0) is 16.8. The number of aliphatic hydroxyl groups excluding tert-OH is 1. The lowest BCUT2D eigenvalue weighted by atomic mass is 10.2. The Hall–Kier alpha value is -2.12. The zero-order valence-electron chi connectivity index (χ0n) is 13.4. The highest BCUT2D eigenvalue weighted by atomic mass is 32.1. The first-order valence-electron chi connectivity index (χ1n) is 7.28. The van der Waals surface area contributed by atoms with Gasteiger partial charge in [-0.25, -0.2) is 4.98 Å². The highest BCUT2D eigenvalue weighted by Gasteiger charge is 2.14. The van der Waals surface area contributed by atoms with Crippen molar-refractivity contribution in [2.75, 3.05) is 25.6 Å². The predicted octanol–water partition coefficient (Wildman–Crippen LogP) is 2.65. The van der Waals surface area contributed by atoms with Crippen LogP contribution in [0.2, 0.25) is 0 Å². The van der Waals surface area contributed by atoms with Gasteiger partial charge in [-0.2, -0.15) is 0 Å². The lowest BCUT2D eigenvalue weighted by Crippen LogP contribution is -2.12. The number of carbonyl (C=O) groups excluding carboxylic acids is 1. The number of thiazole rings is 1. The van der Waals surface area contributed by atoms with Crippen LogP contribution in [-0.4, -0.2) is 36.3 Å². The molecule has 7 heteroatoms. The van der Waals surface area contributed by atoms with E-state index in [2.05, 4.69) is 10.3 Å². The Morgan fingerprint density at radius 1 is 1.39 bits per heavy atom. The number of nitrogens with zero attached hydrogens (tertiary/aromatic N) is 1. The van der Waals surface area contributed by atoms with Gasteiger partial charge < -0.3 is 14.6 Å². The summed E-state index contributed by atoms with van der Waals surface area (Å²) >= 11 is 1.46. The molecule has 0 bridgehead atoms. The number of nitrogens with one attached hydrogen (secondary N) is 1. The van der Waals surface area contributed by atoms with Gasteiger partial charge in [-0.15, -0.1) is 11.3 Å². The summed E-state index contributed by atoms with van der Waals surface area (Å²) in [5, 5.41) is 12.2. The van der Waals surface area contributed by atoms with Crippen molar-refractivity contribution in [2.45, 2.75) is 20.3 Å². The van der Waals surface area contributed by atoms with E-state index >= 15 is 0 Å². The van der Waals surface area contributed by atoms with Crippen molar-refractivity contribution in [3.05, 3.63) is 34.3 Å². The number of carbonyl (C=O) groups is 1. The van der Waals surface area contributed by atoms with Gasteiger partial charge in [0.2, 0.25) is 0 Å². The fraction of sp³-hybridized carbons (Fsp3) is 0.375.